The number of nitrogens with zero attached hydrogens (tertiary/aromatic N) is 3. The fraction of sp³-hybridized carbons (Fsp3) is 0.667. The van der Waals surface area contributed by atoms with Gasteiger partial charge >= 0.3 is 0 Å². The van der Waals surface area contributed by atoms with Gasteiger partial charge in [0.05, 0.1) is 68.6 Å². The number of aliphatic hydroxyl groups is 3. The van der Waals surface area contributed by atoms with Crippen LogP contribution in [-0.4, -0.2) is 100 Å². The zero-order valence-corrected chi connectivity index (χ0v) is 20.0. The quantitative estimate of drug-likeness (QED) is 0.278. The fourth-order valence-electron chi connectivity index (χ4n) is 5.41. The first-order chi connectivity index (χ1) is 16.5. The van der Waals surface area contributed by atoms with E-state index in [-0.39, 0.29) is 44.5 Å². The third kappa shape index (κ3) is 5.14. The van der Waals surface area contributed by atoms with Crippen molar-refractivity contribution in [2.75, 3.05) is 44.2 Å². The minimum absolute atomic E-state index is 0.0474. The SMILES string of the molecule is CC(C)Oc1ccc(F)cc1N1CC[N+]([O-])(CCCN2C(=O)C3CC(O)C(O)C(O)C3C2=O)CC1. The Morgan fingerprint density at radius 1 is 1.14 bits per heavy atom. The second-order valence-electron chi connectivity index (χ2n) is 10.1. The number of amides is 2. The number of fused-ring (bicyclic) bond motifs is 1. The molecule has 1 aromatic rings. The average molecular weight is 496 g/mol. The number of hydroxylamine groups is 3. The van der Waals surface area contributed by atoms with Crippen LogP contribution in [0.3, 0.4) is 0 Å². The molecule has 2 heterocycles. The molecule has 3 N–H and O–H groups in total. The topological polar surface area (TPSA) is 134 Å². The van der Waals surface area contributed by atoms with Gasteiger partial charge in [0.25, 0.3) is 0 Å². The largest absolute Gasteiger partial charge is 0.633 e. The Labute approximate surface area is 203 Å². The number of likely N-dealkylation sites (tertiary alicyclic amines) is 1. The molecule has 5 atom stereocenters. The number of rotatable bonds is 7. The number of aliphatic hydroxyl groups excluding tert-OH is 3. The van der Waals surface area contributed by atoms with Crippen LogP contribution in [0.15, 0.2) is 18.2 Å². The van der Waals surface area contributed by atoms with E-state index < -0.39 is 46.6 Å². The van der Waals surface area contributed by atoms with E-state index in [1.165, 1.54) is 12.1 Å². The third-order valence-corrected chi connectivity index (χ3v) is 7.30. The summed E-state index contributed by atoms with van der Waals surface area (Å²) in [6.07, 6.45) is -4.09. The fourth-order valence-corrected chi connectivity index (χ4v) is 5.41. The van der Waals surface area contributed by atoms with E-state index in [1.807, 2.05) is 18.7 Å². The predicted molar refractivity (Wildman–Crippen MR) is 124 cm³/mol. The summed E-state index contributed by atoms with van der Waals surface area (Å²) in [7, 11) is 0. The second kappa shape index (κ2) is 9.98. The zero-order chi connectivity index (χ0) is 25.5. The molecular formula is C24H34FN3O7. The molecule has 0 aromatic heterocycles. The molecule has 5 unspecified atom stereocenters. The second-order valence-corrected chi connectivity index (χ2v) is 10.1. The van der Waals surface area contributed by atoms with Gasteiger partial charge in [-0.25, -0.2) is 4.39 Å². The molecule has 4 rings (SSSR count). The number of piperazine rings is 1. The van der Waals surface area contributed by atoms with Crippen LogP contribution >= 0.6 is 0 Å². The lowest BCUT2D eigenvalue weighted by molar-refractivity contribution is -0.881. The monoisotopic (exact) mass is 495 g/mol. The Balaban J connectivity index is 1.33. The van der Waals surface area contributed by atoms with Gasteiger partial charge in [-0.3, -0.25) is 14.5 Å². The number of anilines is 1. The number of carbonyl (C=O) groups is 2. The maximum atomic E-state index is 13.9. The van der Waals surface area contributed by atoms with E-state index in [1.54, 1.807) is 6.07 Å². The van der Waals surface area contributed by atoms with Gasteiger partial charge in [0.15, 0.2) is 0 Å². The first-order valence-corrected chi connectivity index (χ1v) is 12.2. The Morgan fingerprint density at radius 3 is 2.49 bits per heavy atom. The van der Waals surface area contributed by atoms with Crippen LogP contribution in [0.5, 0.6) is 5.75 Å². The van der Waals surface area contributed by atoms with E-state index in [0.717, 1.165) is 4.90 Å². The molecule has 1 aliphatic carbocycles. The number of halogens is 1. The van der Waals surface area contributed by atoms with Gasteiger partial charge in [0.2, 0.25) is 11.8 Å². The summed E-state index contributed by atoms with van der Waals surface area (Å²) in [5.41, 5.74) is 0.615. The lowest BCUT2D eigenvalue weighted by Gasteiger charge is -2.49. The number of ether oxygens (including phenoxy) is 1. The molecule has 1 saturated carbocycles. The maximum Gasteiger partial charge on any atom is 0.235 e. The van der Waals surface area contributed by atoms with Crippen molar-refractivity contribution in [3.63, 3.8) is 0 Å². The first-order valence-electron chi connectivity index (χ1n) is 12.2. The van der Waals surface area contributed by atoms with E-state index in [9.17, 15) is 34.5 Å². The number of benzene rings is 1. The minimum Gasteiger partial charge on any atom is -0.633 e. The highest BCUT2D eigenvalue weighted by Crippen LogP contribution is 2.39. The Bertz CT molecular complexity index is 953. The number of imide groups is 1. The van der Waals surface area contributed by atoms with Crippen LogP contribution < -0.4 is 9.64 Å². The predicted octanol–water partition coefficient (Wildman–Crippen LogP) is 0.225. The van der Waals surface area contributed by atoms with Crippen molar-refractivity contribution < 1.29 is 38.7 Å². The zero-order valence-electron chi connectivity index (χ0n) is 20.0. The molecular weight excluding hydrogens is 461 g/mol. The van der Waals surface area contributed by atoms with Crippen molar-refractivity contribution in [3.05, 3.63) is 29.2 Å². The van der Waals surface area contributed by atoms with Crippen molar-refractivity contribution in [1.82, 2.24) is 4.90 Å². The summed E-state index contributed by atoms with van der Waals surface area (Å²) in [6.45, 7) is 5.38. The molecule has 3 aliphatic rings. The summed E-state index contributed by atoms with van der Waals surface area (Å²) in [5.74, 6) is -2.77. The van der Waals surface area contributed by atoms with Crippen LogP contribution in [0.1, 0.15) is 26.7 Å². The maximum absolute atomic E-state index is 13.9. The summed E-state index contributed by atoms with van der Waals surface area (Å²) in [4.78, 5) is 28.4. The van der Waals surface area contributed by atoms with Gasteiger partial charge in [0.1, 0.15) is 17.7 Å². The molecule has 11 heteroatoms. The van der Waals surface area contributed by atoms with Gasteiger partial charge in [0, 0.05) is 19.0 Å². The van der Waals surface area contributed by atoms with Crippen LogP contribution in [0.2, 0.25) is 0 Å². The standard InChI is InChI=1S/C24H34FN3O7/c1-14(2)35-19-5-4-15(25)12-17(19)26-7-10-28(34,11-8-26)9-3-6-27-23(32)16-13-18(29)21(30)22(31)20(16)24(27)33/h4-5,12,14,16,18,20-22,29-31H,3,6-11,13H2,1-2H3. The Kier molecular flexibility index (Phi) is 7.35. The van der Waals surface area contributed by atoms with Crippen molar-refractivity contribution in [2.45, 2.75) is 51.1 Å². The Morgan fingerprint density at radius 2 is 1.83 bits per heavy atom. The van der Waals surface area contributed by atoms with Gasteiger partial charge in [-0.05, 0) is 32.4 Å². The third-order valence-electron chi connectivity index (χ3n) is 7.30. The van der Waals surface area contributed by atoms with Crippen LogP contribution in [0.25, 0.3) is 0 Å². The molecule has 10 nitrogen and oxygen atoms in total. The molecule has 35 heavy (non-hydrogen) atoms. The average Bonchev–Trinajstić information content (AvgIpc) is 3.03. The lowest BCUT2D eigenvalue weighted by Crippen LogP contribution is -2.57. The molecule has 3 fully saturated rings. The molecule has 0 spiro atoms. The molecule has 2 amide bonds. The normalized spacial score (nSPS) is 30.7. The molecule has 194 valence electrons. The molecule has 2 aliphatic heterocycles. The summed E-state index contributed by atoms with van der Waals surface area (Å²) in [5, 5.41) is 43.2. The number of carbonyl (C=O) groups excluding carboxylic acids is 2. The highest BCUT2D eigenvalue weighted by molar-refractivity contribution is 6.05. The number of hydrogen-bond donors (Lipinski definition) is 3. The summed E-state index contributed by atoms with van der Waals surface area (Å²) in [6, 6.07) is 4.35. The Hall–Kier alpha value is -2.31. The van der Waals surface area contributed by atoms with E-state index in [4.69, 9.17) is 4.74 Å². The van der Waals surface area contributed by atoms with Gasteiger partial charge < -0.3 is 34.8 Å². The van der Waals surface area contributed by atoms with Gasteiger partial charge in [-0.15, -0.1) is 0 Å². The molecule has 2 saturated heterocycles. The van der Waals surface area contributed by atoms with Crippen molar-refractivity contribution in [1.29, 1.82) is 0 Å². The minimum atomic E-state index is -1.50. The van der Waals surface area contributed by atoms with Crippen LogP contribution in [0, 0.1) is 22.9 Å². The molecule has 1 aromatic carbocycles. The molecule has 0 bridgehead atoms. The van der Waals surface area contributed by atoms with E-state index >= 15 is 0 Å². The van der Waals surface area contributed by atoms with Crippen molar-refractivity contribution in [2.24, 2.45) is 11.8 Å². The smallest absolute Gasteiger partial charge is 0.235 e. The lowest BCUT2D eigenvalue weighted by atomic mass is 9.76. The van der Waals surface area contributed by atoms with Gasteiger partial charge in [-0.1, -0.05) is 0 Å². The molecule has 0 radical (unpaired) electrons. The summed E-state index contributed by atoms with van der Waals surface area (Å²) >= 11 is 0. The first kappa shape index (κ1) is 25.8. The highest BCUT2D eigenvalue weighted by atomic mass is 19.1. The summed E-state index contributed by atoms with van der Waals surface area (Å²) < 4.78 is 19.2. The highest BCUT2D eigenvalue weighted by Gasteiger charge is 2.56. The number of quaternary nitrogens is 1. The van der Waals surface area contributed by atoms with Crippen molar-refractivity contribution in [3.8, 4) is 5.75 Å². The van der Waals surface area contributed by atoms with E-state index in [0.29, 0.717) is 30.9 Å². The van der Waals surface area contributed by atoms with Crippen molar-refractivity contribution >= 4 is 17.5 Å². The van der Waals surface area contributed by atoms with Gasteiger partial charge in [-0.2, -0.15) is 0 Å². The van der Waals surface area contributed by atoms with Crippen LogP contribution in [-0.2, 0) is 9.59 Å². The van der Waals surface area contributed by atoms with Crippen LogP contribution in [0.4, 0.5) is 10.1 Å². The van der Waals surface area contributed by atoms with E-state index in [2.05, 4.69) is 0 Å². The number of hydrogen-bond acceptors (Lipinski definition) is 8.